The fourth-order valence-electron chi connectivity index (χ4n) is 2.68. The third kappa shape index (κ3) is 2.36. The Balaban J connectivity index is 2.23. The number of halogens is 2. The van der Waals surface area contributed by atoms with Crippen LogP contribution in [0.2, 0.25) is 5.02 Å². The topological polar surface area (TPSA) is 43.8 Å². The van der Waals surface area contributed by atoms with Gasteiger partial charge in [-0.2, -0.15) is 0 Å². The van der Waals surface area contributed by atoms with Crippen molar-refractivity contribution in [3.8, 4) is 0 Å². The summed E-state index contributed by atoms with van der Waals surface area (Å²) in [5.41, 5.74) is 8.45. The van der Waals surface area contributed by atoms with E-state index in [2.05, 4.69) is 11.9 Å². The second-order valence-corrected chi connectivity index (χ2v) is 5.34. The average Bonchev–Trinajstić information content (AvgIpc) is 2.78. The van der Waals surface area contributed by atoms with Crippen LogP contribution in [-0.4, -0.2) is 9.55 Å². The molecule has 0 radical (unpaired) electrons. The van der Waals surface area contributed by atoms with Gasteiger partial charge in [0.15, 0.2) is 0 Å². The third-order valence-corrected chi connectivity index (χ3v) is 3.93. The lowest BCUT2D eigenvalue weighted by molar-refractivity contribution is 0.588. The Kier molecular flexibility index (Phi) is 3.55. The highest BCUT2D eigenvalue weighted by molar-refractivity contribution is 6.31. The van der Waals surface area contributed by atoms with Crippen molar-refractivity contribution < 1.29 is 4.39 Å². The highest BCUT2D eigenvalue weighted by atomic mass is 35.5. The van der Waals surface area contributed by atoms with Gasteiger partial charge in [0.2, 0.25) is 5.95 Å². The van der Waals surface area contributed by atoms with E-state index in [1.165, 1.54) is 6.07 Å². The molecular weight excluding hydrogens is 289 g/mol. The molecule has 1 atom stereocenters. The maximum Gasteiger partial charge on any atom is 0.201 e. The van der Waals surface area contributed by atoms with E-state index in [0.29, 0.717) is 11.5 Å². The Morgan fingerprint density at radius 3 is 2.67 bits per heavy atom. The summed E-state index contributed by atoms with van der Waals surface area (Å²) in [6, 6.07) is 13.0. The summed E-state index contributed by atoms with van der Waals surface area (Å²) >= 11 is 5.91. The standard InChI is InChI=1S/C16H15ClFN3/c1-2-14(10-6-4-3-5-7-10)21-15-8-11(17)12(18)9-13(15)20-16(21)19/h3-9,14H,2H2,1H3,(H2,19,20). The van der Waals surface area contributed by atoms with Crippen LogP contribution in [0.15, 0.2) is 42.5 Å². The normalized spacial score (nSPS) is 12.7. The van der Waals surface area contributed by atoms with Gasteiger partial charge in [0.25, 0.3) is 0 Å². The van der Waals surface area contributed by atoms with E-state index in [1.54, 1.807) is 6.07 Å². The Morgan fingerprint density at radius 2 is 2.00 bits per heavy atom. The molecule has 1 heterocycles. The van der Waals surface area contributed by atoms with Crippen LogP contribution in [0.1, 0.15) is 24.9 Å². The molecule has 2 aromatic carbocycles. The maximum absolute atomic E-state index is 13.6. The molecule has 1 unspecified atom stereocenters. The van der Waals surface area contributed by atoms with Crippen molar-refractivity contribution in [1.82, 2.24) is 9.55 Å². The van der Waals surface area contributed by atoms with E-state index in [1.807, 2.05) is 34.9 Å². The summed E-state index contributed by atoms with van der Waals surface area (Å²) in [5.74, 6) is -0.121. The zero-order valence-electron chi connectivity index (χ0n) is 11.6. The largest absolute Gasteiger partial charge is 0.369 e. The van der Waals surface area contributed by atoms with Gasteiger partial charge in [0, 0.05) is 6.07 Å². The minimum absolute atomic E-state index is 0.0396. The van der Waals surface area contributed by atoms with E-state index in [4.69, 9.17) is 17.3 Å². The maximum atomic E-state index is 13.6. The molecule has 3 aromatic rings. The molecule has 0 amide bonds. The number of nitrogens with zero attached hydrogens (tertiary/aromatic N) is 2. The summed E-state index contributed by atoms with van der Waals surface area (Å²) in [4.78, 5) is 4.25. The fourth-order valence-corrected chi connectivity index (χ4v) is 2.84. The number of hydrogen-bond acceptors (Lipinski definition) is 2. The Bertz CT molecular complexity index is 783. The summed E-state index contributed by atoms with van der Waals surface area (Å²) in [6.45, 7) is 2.08. The summed E-state index contributed by atoms with van der Waals surface area (Å²) < 4.78 is 15.5. The van der Waals surface area contributed by atoms with E-state index in [9.17, 15) is 4.39 Å². The molecule has 0 saturated carbocycles. The van der Waals surface area contributed by atoms with Crippen LogP contribution in [-0.2, 0) is 0 Å². The highest BCUT2D eigenvalue weighted by Crippen LogP contribution is 2.32. The van der Waals surface area contributed by atoms with E-state index in [0.717, 1.165) is 17.5 Å². The highest BCUT2D eigenvalue weighted by Gasteiger charge is 2.19. The molecule has 0 bridgehead atoms. The first-order valence-electron chi connectivity index (χ1n) is 6.79. The zero-order chi connectivity index (χ0) is 15.0. The van der Waals surface area contributed by atoms with E-state index in [-0.39, 0.29) is 11.1 Å². The van der Waals surface area contributed by atoms with Gasteiger partial charge in [0.05, 0.1) is 22.1 Å². The molecule has 3 rings (SSSR count). The molecule has 5 heteroatoms. The molecule has 0 spiro atoms. The van der Waals surface area contributed by atoms with Crippen molar-refractivity contribution in [2.45, 2.75) is 19.4 Å². The number of fused-ring (bicyclic) bond motifs is 1. The van der Waals surface area contributed by atoms with E-state index < -0.39 is 5.82 Å². The molecule has 0 aliphatic rings. The monoisotopic (exact) mass is 303 g/mol. The SMILES string of the molecule is CCC(c1ccccc1)n1c(N)nc2cc(F)c(Cl)cc21. The fraction of sp³-hybridized carbons (Fsp3) is 0.188. The first-order chi connectivity index (χ1) is 10.1. The van der Waals surface area contributed by atoms with Gasteiger partial charge in [-0.3, -0.25) is 0 Å². The van der Waals surface area contributed by atoms with Crippen molar-refractivity contribution in [3.63, 3.8) is 0 Å². The Hall–Kier alpha value is -2.07. The Morgan fingerprint density at radius 1 is 1.29 bits per heavy atom. The van der Waals surface area contributed by atoms with Crippen LogP contribution in [0.5, 0.6) is 0 Å². The number of benzene rings is 2. The van der Waals surface area contributed by atoms with Crippen LogP contribution >= 0.6 is 11.6 Å². The number of anilines is 1. The van der Waals surface area contributed by atoms with Crippen LogP contribution in [0.4, 0.5) is 10.3 Å². The second kappa shape index (κ2) is 5.37. The molecule has 0 saturated heterocycles. The third-order valence-electron chi connectivity index (χ3n) is 3.64. The number of hydrogen-bond donors (Lipinski definition) is 1. The molecule has 3 nitrogen and oxygen atoms in total. The zero-order valence-corrected chi connectivity index (χ0v) is 12.3. The van der Waals surface area contributed by atoms with Gasteiger partial charge in [0.1, 0.15) is 5.82 Å². The summed E-state index contributed by atoms with van der Waals surface area (Å²) in [6.07, 6.45) is 0.842. The number of rotatable bonds is 3. The van der Waals surface area contributed by atoms with Crippen molar-refractivity contribution in [2.75, 3.05) is 5.73 Å². The second-order valence-electron chi connectivity index (χ2n) is 4.93. The lowest BCUT2D eigenvalue weighted by Gasteiger charge is -2.19. The van der Waals surface area contributed by atoms with Gasteiger partial charge in [-0.1, -0.05) is 48.9 Å². The summed E-state index contributed by atoms with van der Waals surface area (Å²) in [7, 11) is 0. The number of nitrogens with two attached hydrogens (primary N) is 1. The molecule has 0 fully saturated rings. The van der Waals surface area contributed by atoms with Crippen molar-refractivity contribution in [2.24, 2.45) is 0 Å². The van der Waals surface area contributed by atoms with Gasteiger partial charge in [-0.05, 0) is 18.1 Å². The molecule has 1 aromatic heterocycles. The number of imidazole rings is 1. The molecule has 108 valence electrons. The summed E-state index contributed by atoms with van der Waals surface area (Å²) in [5, 5.41) is 0.0755. The van der Waals surface area contributed by atoms with Crippen LogP contribution in [0.25, 0.3) is 11.0 Å². The van der Waals surface area contributed by atoms with Crippen molar-refractivity contribution >= 4 is 28.6 Å². The van der Waals surface area contributed by atoms with Gasteiger partial charge in [-0.25, -0.2) is 9.37 Å². The molecule has 0 aliphatic heterocycles. The number of nitrogen functional groups attached to an aromatic ring is 1. The van der Waals surface area contributed by atoms with Crippen molar-refractivity contribution in [1.29, 1.82) is 0 Å². The number of aromatic nitrogens is 2. The first kappa shape index (κ1) is 13.9. The molecular formula is C16H15ClFN3. The lowest BCUT2D eigenvalue weighted by Crippen LogP contribution is -2.12. The van der Waals surface area contributed by atoms with Gasteiger partial charge >= 0.3 is 0 Å². The van der Waals surface area contributed by atoms with Crippen molar-refractivity contribution in [3.05, 3.63) is 58.9 Å². The molecule has 2 N–H and O–H groups in total. The molecule has 0 aliphatic carbocycles. The minimum atomic E-state index is -0.485. The first-order valence-corrected chi connectivity index (χ1v) is 7.17. The van der Waals surface area contributed by atoms with Crippen LogP contribution in [0, 0.1) is 5.82 Å². The van der Waals surface area contributed by atoms with Gasteiger partial charge < -0.3 is 10.3 Å². The van der Waals surface area contributed by atoms with E-state index >= 15 is 0 Å². The Labute approximate surface area is 127 Å². The van der Waals surface area contributed by atoms with Gasteiger partial charge in [-0.15, -0.1) is 0 Å². The predicted molar refractivity (Wildman–Crippen MR) is 84.0 cm³/mol. The quantitative estimate of drug-likeness (QED) is 0.779. The van der Waals surface area contributed by atoms with Crippen LogP contribution in [0.3, 0.4) is 0 Å². The van der Waals surface area contributed by atoms with Crippen LogP contribution < -0.4 is 5.73 Å². The minimum Gasteiger partial charge on any atom is -0.369 e. The lowest BCUT2D eigenvalue weighted by atomic mass is 10.0. The predicted octanol–water partition coefficient (Wildman–Crippen LogP) is 4.41. The smallest absolute Gasteiger partial charge is 0.201 e. The average molecular weight is 304 g/mol. The molecule has 21 heavy (non-hydrogen) atoms.